The van der Waals surface area contributed by atoms with Gasteiger partial charge in [0.15, 0.2) is 11.5 Å². The summed E-state index contributed by atoms with van der Waals surface area (Å²) in [6.45, 7) is 0. The van der Waals surface area contributed by atoms with Crippen molar-refractivity contribution in [2.24, 2.45) is 10.7 Å². The number of carbonyl (C=O) groups excluding carboxylic acids is 1. The lowest BCUT2D eigenvalue weighted by Crippen LogP contribution is -2.10. The molecule has 0 spiro atoms. The van der Waals surface area contributed by atoms with Gasteiger partial charge in [0, 0.05) is 11.8 Å². The van der Waals surface area contributed by atoms with E-state index >= 15 is 0 Å². The van der Waals surface area contributed by atoms with E-state index in [4.69, 9.17) is 5.73 Å². The molecule has 0 saturated carbocycles. The highest BCUT2D eigenvalue weighted by molar-refractivity contribution is 5.93. The third-order valence-electron chi connectivity index (χ3n) is 2.51. The van der Waals surface area contributed by atoms with Gasteiger partial charge in [-0.05, 0) is 48.0 Å². The molecule has 0 fully saturated rings. The molecule has 19 heavy (non-hydrogen) atoms. The Bertz CT molecular complexity index is 634. The molecular weight excluding hydrogens is 244 g/mol. The molecule has 0 aromatic heterocycles. The summed E-state index contributed by atoms with van der Waals surface area (Å²) in [6, 6.07) is 10.9. The minimum atomic E-state index is -0.487. The molecule has 0 aliphatic heterocycles. The molecule has 2 aromatic rings. The monoisotopic (exact) mass is 256 g/mol. The van der Waals surface area contributed by atoms with E-state index in [0.29, 0.717) is 16.8 Å². The van der Waals surface area contributed by atoms with Crippen molar-refractivity contribution in [3.63, 3.8) is 0 Å². The van der Waals surface area contributed by atoms with Gasteiger partial charge in [-0.1, -0.05) is 0 Å². The predicted octanol–water partition coefficient (Wildman–Crippen LogP) is 1.95. The first-order chi connectivity index (χ1) is 9.06. The Hall–Kier alpha value is -2.82. The topological polar surface area (TPSA) is 95.9 Å². The highest BCUT2D eigenvalue weighted by atomic mass is 16.3. The number of hydrogen-bond acceptors (Lipinski definition) is 4. The number of primary amides is 1. The largest absolute Gasteiger partial charge is 0.504 e. The van der Waals surface area contributed by atoms with Crippen LogP contribution in [0.5, 0.6) is 11.5 Å². The van der Waals surface area contributed by atoms with Crippen molar-refractivity contribution in [1.82, 2.24) is 0 Å². The normalized spacial score (nSPS) is 10.7. The maximum Gasteiger partial charge on any atom is 0.248 e. The van der Waals surface area contributed by atoms with E-state index in [-0.39, 0.29) is 11.5 Å². The van der Waals surface area contributed by atoms with E-state index in [1.54, 1.807) is 36.5 Å². The molecule has 2 aromatic carbocycles. The second-order valence-corrected chi connectivity index (χ2v) is 3.92. The fourth-order valence-electron chi connectivity index (χ4n) is 1.48. The summed E-state index contributed by atoms with van der Waals surface area (Å²) in [5, 5.41) is 18.5. The minimum Gasteiger partial charge on any atom is -0.504 e. The smallest absolute Gasteiger partial charge is 0.248 e. The van der Waals surface area contributed by atoms with Gasteiger partial charge in [0.1, 0.15) is 0 Å². The molecule has 0 bridgehead atoms. The SMILES string of the molecule is NC(=O)c1ccc(N=Cc2ccc(O)c(O)c2)cc1. The second-order valence-electron chi connectivity index (χ2n) is 3.92. The molecular formula is C14H12N2O3. The number of amides is 1. The third-order valence-corrected chi connectivity index (χ3v) is 2.51. The van der Waals surface area contributed by atoms with Gasteiger partial charge in [0.2, 0.25) is 5.91 Å². The van der Waals surface area contributed by atoms with Crippen LogP contribution in [0.2, 0.25) is 0 Å². The van der Waals surface area contributed by atoms with Crippen LogP contribution in [0.1, 0.15) is 15.9 Å². The van der Waals surface area contributed by atoms with Crippen LogP contribution >= 0.6 is 0 Å². The van der Waals surface area contributed by atoms with Gasteiger partial charge in [-0.2, -0.15) is 0 Å². The molecule has 0 unspecified atom stereocenters. The molecule has 5 heteroatoms. The van der Waals surface area contributed by atoms with E-state index in [2.05, 4.69) is 4.99 Å². The van der Waals surface area contributed by atoms with E-state index < -0.39 is 5.91 Å². The summed E-state index contributed by atoms with van der Waals surface area (Å²) < 4.78 is 0. The van der Waals surface area contributed by atoms with Crippen LogP contribution in [-0.2, 0) is 0 Å². The van der Waals surface area contributed by atoms with Crippen LogP contribution < -0.4 is 5.73 Å². The number of benzene rings is 2. The average molecular weight is 256 g/mol. The molecule has 4 N–H and O–H groups in total. The lowest BCUT2D eigenvalue weighted by atomic mass is 10.2. The zero-order chi connectivity index (χ0) is 13.8. The predicted molar refractivity (Wildman–Crippen MR) is 72.0 cm³/mol. The number of phenols is 2. The zero-order valence-corrected chi connectivity index (χ0v) is 9.95. The molecule has 96 valence electrons. The van der Waals surface area contributed by atoms with E-state index in [0.717, 1.165) is 0 Å². The highest BCUT2D eigenvalue weighted by Gasteiger charge is 2.00. The molecule has 5 nitrogen and oxygen atoms in total. The van der Waals surface area contributed by atoms with Crippen LogP contribution in [-0.4, -0.2) is 22.3 Å². The molecule has 0 atom stereocenters. The molecule has 0 heterocycles. The maximum absolute atomic E-state index is 10.9. The van der Waals surface area contributed by atoms with E-state index in [1.807, 2.05) is 0 Å². The van der Waals surface area contributed by atoms with Gasteiger partial charge in [-0.3, -0.25) is 9.79 Å². The van der Waals surface area contributed by atoms with Crippen LogP contribution in [0.4, 0.5) is 5.69 Å². The Labute approximate surface area is 109 Å². The standard InChI is InChI=1S/C14H12N2O3/c15-14(19)10-2-4-11(5-3-10)16-8-9-1-6-12(17)13(18)7-9/h1-8,17-18H,(H2,15,19). The number of rotatable bonds is 3. The van der Waals surface area contributed by atoms with Crippen molar-refractivity contribution in [2.45, 2.75) is 0 Å². The fraction of sp³-hybridized carbons (Fsp3) is 0. The molecule has 1 amide bonds. The lowest BCUT2D eigenvalue weighted by Gasteiger charge is -1.99. The summed E-state index contributed by atoms with van der Waals surface area (Å²) in [6.07, 6.45) is 1.54. The average Bonchev–Trinajstić information content (AvgIpc) is 2.40. The molecule has 0 aliphatic rings. The van der Waals surface area contributed by atoms with Crippen molar-refractivity contribution in [3.8, 4) is 11.5 Å². The van der Waals surface area contributed by atoms with Gasteiger partial charge in [0.05, 0.1) is 5.69 Å². The number of hydrogen-bond donors (Lipinski definition) is 3. The van der Waals surface area contributed by atoms with E-state index in [9.17, 15) is 15.0 Å². The first-order valence-corrected chi connectivity index (χ1v) is 5.52. The molecule has 0 saturated heterocycles. The van der Waals surface area contributed by atoms with Gasteiger partial charge in [0.25, 0.3) is 0 Å². The Morgan fingerprint density at radius 3 is 2.32 bits per heavy atom. The zero-order valence-electron chi connectivity index (χ0n) is 9.95. The summed E-state index contributed by atoms with van der Waals surface area (Å²) in [4.78, 5) is 15.1. The number of aromatic hydroxyl groups is 2. The quantitative estimate of drug-likeness (QED) is 0.578. The fourth-order valence-corrected chi connectivity index (χ4v) is 1.48. The number of phenolic OH excluding ortho intramolecular Hbond substituents is 2. The third kappa shape index (κ3) is 3.10. The second kappa shape index (κ2) is 5.22. The Balaban J connectivity index is 2.17. The number of nitrogens with zero attached hydrogens (tertiary/aromatic N) is 1. The Morgan fingerprint density at radius 2 is 1.74 bits per heavy atom. The molecule has 0 aliphatic carbocycles. The number of nitrogens with two attached hydrogens (primary N) is 1. The maximum atomic E-state index is 10.9. The minimum absolute atomic E-state index is 0.178. The summed E-state index contributed by atoms with van der Waals surface area (Å²) >= 11 is 0. The van der Waals surface area contributed by atoms with Crippen LogP contribution in [0, 0.1) is 0 Å². The van der Waals surface area contributed by atoms with Crippen molar-refractivity contribution in [2.75, 3.05) is 0 Å². The van der Waals surface area contributed by atoms with Crippen LogP contribution in [0.3, 0.4) is 0 Å². The number of aliphatic imine (C=N–C) groups is 1. The Kier molecular flexibility index (Phi) is 3.47. The van der Waals surface area contributed by atoms with Crippen LogP contribution in [0.25, 0.3) is 0 Å². The summed E-state index contributed by atoms with van der Waals surface area (Å²) in [7, 11) is 0. The van der Waals surface area contributed by atoms with Crippen molar-refractivity contribution in [3.05, 3.63) is 53.6 Å². The summed E-state index contributed by atoms with van der Waals surface area (Å²) in [5.74, 6) is -0.866. The van der Waals surface area contributed by atoms with Crippen LogP contribution in [0.15, 0.2) is 47.5 Å². The van der Waals surface area contributed by atoms with Gasteiger partial charge in [-0.25, -0.2) is 0 Å². The molecule has 2 rings (SSSR count). The summed E-state index contributed by atoms with van der Waals surface area (Å²) in [5.41, 5.74) is 6.85. The van der Waals surface area contributed by atoms with Gasteiger partial charge < -0.3 is 15.9 Å². The first kappa shape index (κ1) is 12.6. The van der Waals surface area contributed by atoms with Crippen molar-refractivity contribution in [1.29, 1.82) is 0 Å². The molecule has 0 radical (unpaired) electrons. The number of carbonyl (C=O) groups is 1. The Morgan fingerprint density at radius 1 is 1.05 bits per heavy atom. The van der Waals surface area contributed by atoms with Gasteiger partial charge in [-0.15, -0.1) is 0 Å². The lowest BCUT2D eigenvalue weighted by molar-refractivity contribution is 0.100. The van der Waals surface area contributed by atoms with Crippen molar-refractivity contribution >= 4 is 17.8 Å². The van der Waals surface area contributed by atoms with Crippen molar-refractivity contribution < 1.29 is 15.0 Å². The first-order valence-electron chi connectivity index (χ1n) is 5.52. The van der Waals surface area contributed by atoms with E-state index in [1.165, 1.54) is 12.1 Å². The van der Waals surface area contributed by atoms with Gasteiger partial charge >= 0.3 is 0 Å². The highest BCUT2D eigenvalue weighted by Crippen LogP contribution is 2.24.